The number of hydrogen-bond acceptors (Lipinski definition) is 4. The minimum Gasteiger partial charge on any atom is -0.489 e. The van der Waals surface area contributed by atoms with Crippen molar-refractivity contribution in [2.24, 2.45) is 0 Å². The maximum absolute atomic E-state index is 12.6. The number of benzene rings is 2. The molecule has 7 heteroatoms. The zero-order chi connectivity index (χ0) is 19.9. The number of carbonyl (C=O) groups is 2. The van der Waals surface area contributed by atoms with Crippen LogP contribution in [0.2, 0.25) is 0 Å². The summed E-state index contributed by atoms with van der Waals surface area (Å²) in [5, 5.41) is 8.48. The van der Waals surface area contributed by atoms with Crippen LogP contribution in [-0.2, 0) is 4.74 Å². The van der Waals surface area contributed by atoms with Gasteiger partial charge < -0.3 is 25.4 Å². The fourth-order valence-electron chi connectivity index (χ4n) is 2.57. The smallest absolute Gasteiger partial charge is 0.319 e. The molecule has 0 saturated heterocycles. The first kappa shape index (κ1) is 19.7. The van der Waals surface area contributed by atoms with Crippen molar-refractivity contribution in [3.63, 3.8) is 0 Å². The number of carbonyl (C=O) groups excluding carboxylic acids is 2. The first-order valence-electron chi connectivity index (χ1n) is 9.26. The third-order valence-electron chi connectivity index (χ3n) is 4.25. The van der Waals surface area contributed by atoms with Gasteiger partial charge in [-0.25, -0.2) is 4.79 Å². The number of hydrogen-bond donors (Lipinski definition) is 3. The quantitative estimate of drug-likeness (QED) is 0.608. The van der Waals surface area contributed by atoms with Gasteiger partial charge in [-0.15, -0.1) is 0 Å². The van der Waals surface area contributed by atoms with Crippen molar-refractivity contribution < 1.29 is 19.1 Å². The van der Waals surface area contributed by atoms with E-state index in [2.05, 4.69) is 16.0 Å². The van der Waals surface area contributed by atoms with E-state index in [1.54, 1.807) is 31.4 Å². The molecule has 148 valence electrons. The number of rotatable bonds is 8. The van der Waals surface area contributed by atoms with Gasteiger partial charge in [-0.05, 0) is 61.7 Å². The van der Waals surface area contributed by atoms with Crippen LogP contribution in [0, 0.1) is 6.92 Å². The summed E-state index contributed by atoms with van der Waals surface area (Å²) in [4.78, 5) is 24.3. The Bertz CT molecular complexity index is 832. The van der Waals surface area contributed by atoms with Crippen molar-refractivity contribution in [1.29, 1.82) is 0 Å². The lowest BCUT2D eigenvalue weighted by Gasteiger charge is -2.13. The summed E-state index contributed by atoms with van der Waals surface area (Å²) in [6, 6.07) is 12.4. The second-order valence-electron chi connectivity index (χ2n) is 6.75. The lowest BCUT2D eigenvalue weighted by atomic mass is 10.1. The lowest BCUT2D eigenvalue weighted by Crippen LogP contribution is -2.30. The first-order valence-corrected chi connectivity index (χ1v) is 9.26. The molecule has 28 heavy (non-hydrogen) atoms. The van der Waals surface area contributed by atoms with Crippen LogP contribution in [-0.4, -0.2) is 38.3 Å². The van der Waals surface area contributed by atoms with Crippen molar-refractivity contribution >= 4 is 23.3 Å². The van der Waals surface area contributed by atoms with E-state index < -0.39 is 0 Å². The summed E-state index contributed by atoms with van der Waals surface area (Å²) >= 11 is 0. The van der Waals surface area contributed by atoms with E-state index in [1.807, 2.05) is 25.1 Å². The van der Waals surface area contributed by atoms with Gasteiger partial charge in [-0.1, -0.05) is 6.07 Å². The van der Waals surface area contributed by atoms with E-state index in [1.165, 1.54) is 0 Å². The van der Waals surface area contributed by atoms with E-state index in [0.29, 0.717) is 41.9 Å². The number of methoxy groups -OCH3 is 1. The standard InChI is InChI=1S/C21H25N3O4/c1-14-3-10-18(19(13-14)28-12-11-27-2)24-20(25)15-4-6-16(7-5-15)22-21(26)23-17-8-9-17/h3-7,10,13,17H,8-9,11-12H2,1-2H3,(H,24,25)(H2,22,23,26). The highest BCUT2D eigenvalue weighted by molar-refractivity contribution is 6.05. The predicted molar refractivity (Wildman–Crippen MR) is 108 cm³/mol. The van der Waals surface area contributed by atoms with Crippen LogP contribution >= 0.6 is 0 Å². The Morgan fingerprint density at radius 2 is 1.79 bits per heavy atom. The fourth-order valence-corrected chi connectivity index (χ4v) is 2.57. The molecule has 2 aromatic rings. The van der Waals surface area contributed by atoms with Crippen molar-refractivity contribution in [2.75, 3.05) is 31.0 Å². The Morgan fingerprint density at radius 1 is 1.04 bits per heavy atom. The molecule has 0 radical (unpaired) electrons. The second-order valence-corrected chi connectivity index (χ2v) is 6.75. The maximum Gasteiger partial charge on any atom is 0.319 e. The van der Waals surface area contributed by atoms with Gasteiger partial charge >= 0.3 is 6.03 Å². The van der Waals surface area contributed by atoms with Gasteiger partial charge in [0.05, 0.1) is 12.3 Å². The fraction of sp³-hybridized carbons (Fsp3) is 0.333. The monoisotopic (exact) mass is 383 g/mol. The predicted octanol–water partition coefficient (Wildman–Crippen LogP) is 3.56. The lowest BCUT2D eigenvalue weighted by molar-refractivity contribution is 0.102. The summed E-state index contributed by atoms with van der Waals surface area (Å²) in [7, 11) is 1.61. The molecule has 3 amide bonds. The molecule has 7 nitrogen and oxygen atoms in total. The Balaban J connectivity index is 1.61. The highest BCUT2D eigenvalue weighted by atomic mass is 16.5. The molecular weight excluding hydrogens is 358 g/mol. The van der Waals surface area contributed by atoms with Crippen LogP contribution < -0.4 is 20.7 Å². The van der Waals surface area contributed by atoms with Gasteiger partial charge in [0.25, 0.3) is 5.91 Å². The van der Waals surface area contributed by atoms with Crippen LogP contribution in [0.15, 0.2) is 42.5 Å². The van der Waals surface area contributed by atoms with Gasteiger partial charge in [-0.2, -0.15) is 0 Å². The molecule has 1 saturated carbocycles. The number of aryl methyl sites for hydroxylation is 1. The largest absolute Gasteiger partial charge is 0.489 e. The number of anilines is 2. The Kier molecular flexibility index (Phi) is 6.49. The van der Waals surface area contributed by atoms with Crippen molar-refractivity contribution in [3.05, 3.63) is 53.6 Å². The van der Waals surface area contributed by atoms with Gasteiger partial charge in [0.15, 0.2) is 0 Å². The molecule has 0 unspecified atom stereocenters. The molecule has 1 fully saturated rings. The summed E-state index contributed by atoms with van der Waals surface area (Å²) in [5.74, 6) is 0.342. The van der Waals surface area contributed by atoms with E-state index in [0.717, 1.165) is 18.4 Å². The number of ether oxygens (including phenoxy) is 2. The topological polar surface area (TPSA) is 88.7 Å². The zero-order valence-electron chi connectivity index (χ0n) is 16.1. The van der Waals surface area contributed by atoms with Crippen LogP contribution in [0.4, 0.5) is 16.2 Å². The van der Waals surface area contributed by atoms with Crippen LogP contribution in [0.25, 0.3) is 0 Å². The molecule has 2 aromatic carbocycles. The minimum absolute atomic E-state index is 0.225. The second kappa shape index (κ2) is 9.23. The average Bonchev–Trinajstić information content (AvgIpc) is 3.48. The molecule has 0 heterocycles. The zero-order valence-corrected chi connectivity index (χ0v) is 16.1. The molecule has 0 spiro atoms. The van der Waals surface area contributed by atoms with Gasteiger partial charge in [0.1, 0.15) is 12.4 Å². The molecule has 3 rings (SSSR count). The third-order valence-corrected chi connectivity index (χ3v) is 4.25. The molecule has 1 aliphatic rings. The molecule has 3 N–H and O–H groups in total. The maximum atomic E-state index is 12.6. The summed E-state index contributed by atoms with van der Waals surface area (Å²) < 4.78 is 10.7. The minimum atomic E-state index is -0.255. The van der Waals surface area contributed by atoms with Crippen molar-refractivity contribution in [1.82, 2.24) is 5.32 Å². The highest BCUT2D eigenvalue weighted by Gasteiger charge is 2.23. The van der Waals surface area contributed by atoms with Crippen LogP contribution in [0.5, 0.6) is 5.75 Å². The highest BCUT2D eigenvalue weighted by Crippen LogP contribution is 2.26. The molecule has 0 atom stereocenters. The van der Waals surface area contributed by atoms with Crippen molar-refractivity contribution in [3.8, 4) is 5.75 Å². The summed E-state index contributed by atoms with van der Waals surface area (Å²) in [6.07, 6.45) is 2.06. The Morgan fingerprint density at radius 3 is 2.46 bits per heavy atom. The van der Waals surface area contributed by atoms with E-state index in [4.69, 9.17) is 9.47 Å². The molecular formula is C21H25N3O4. The number of amides is 3. The Hall–Kier alpha value is -3.06. The van der Waals surface area contributed by atoms with Crippen LogP contribution in [0.1, 0.15) is 28.8 Å². The number of urea groups is 1. The molecule has 1 aliphatic carbocycles. The third kappa shape index (κ3) is 5.72. The number of nitrogens with one attached hydrogen (secondary N) is 3. The Labute approximate surface area is 164 Å². The average molecular weight is 383 g/mol. The van der Waals surface area contributed by atoms with Gasteiger partial charge in [0.2, 0.25) is 0 Å². The van der Waals surface area contributed by atoms with Gasteiger partial charge in [-0.3, -0.25) is 4.79 Å². The van der Waals surface area contributed by atoms with Gasteiger partial charge in [0, 0.05) is 24.4 Å². The molecule has 0 aliphatic heterocycles. The van der Waals surface area contributed by atoms with E-state index >= 15 is 0 Å². The van der Waals surface area contributed by atoms with Crippen LogP contribution in [0.3, 0.4) is 0 Å². The molecule has 0 bridgehead atoms. The van der Waals surface area contributed by atoms with Crippen molar-refractivity contribution in [2.45, 2.75) is 25.8 Å². The summed E-state index contributed by atoms with van der Waals surface area (Å²) in [5.41, 5.74) is 2.74. The summed E-state index contributed by atoms with van der Waals surface area (Å²) in [6.45, 7) is 2.82. The SMILES string of the molecule is COCCOc1cc(C)ccc1NC(=O)c1ccc(NC(=O)NC2CC2)cc1. The normalized spacial score (nSPS) is 12.9. The molecule has 0 aromatic heterocycles. The first-order chi connectivity index (χ1) is 13.5. The van der Waals surface area contributed by atoms with E-state index in [9.17, 15) is 9.59 Å². The van der Waals surface area contributed by atoms with E-state index in [-0.39, 0.29) is 11.9 Å².